The number of pyridine rings is 1. The molecule has 5 aromatic rings. The second-order valence-electron chi connectivity index (χ2n) is 8.49. The number of rotatable bonds is 8. The number of imidazole rings is 1. The molecule has 0 fully saturated rings. The first-order valence-corrected chi connectivity index (χ1v) is 11.6. The molecule has 0 bridgehead atoms. The molecule has 0 unspecified atom stereocenters. The Morgan fingerprint density at radius 1 is 0.941 bits per heavy atom. The first-order chi connectivity index (χ1) is 16.7. The summed E-state index contributed by atoms with van der Waals surface area (Å²) in [4.78, 5) is 9.50. The topological polar surface area (TPSA) is 85.2 Å². The van der Waals surface area contributed by atoms with Gasteiger partial charge in [0.1, 0.15) is 11.5 Å². The molecule has 0 radical (unpaired) electrons. The summed E-state index contributed by atoms with van der Waals surface area (Å²) >= 11 is 0. The van der Waals surface area contributed by atoms with Crippen molar-refractivity contribution in [3.63, 3.8) is 0 Å². The normalized spacial score (nSPS) is 11.1. The number of unbranched alkanes of at least 4 members (excludes halogenated alkanes) is 1. The molecule has 1 N–H and O–H groups in total. The van der Waals surface area contributed by atoms with E-state index in [1.54, 1.807) is 0 Å². The summed E-state index contributed by atoms with van der Waals surface area (Å²) in [5.74, 6) is 1.73. The Morgan fingerprint density at radius 2 is 1.82 bits per heavy atom. The second kappa shape index (κ2) is 9.79. The molecule has 0 spiro atoms. The fourth-order valence-corrected chi connectivity index (χ4v) is 4.15. The molecular formula is C27H27N7. The number of nitrogens with zero attached hydrogens (tertiary/aromatic N) is 6. The molecule has 34 heavy (non-hydrogen) atoms. The highest BCUT2D eigenvalue weighted by molar-refractivity contribution is 5.80. The van der Waals surface area contributed by atoms with Gasteiger partial charge in [-0.05, 0) is 64.2 Å². The molecule has 0 aliphatic heterocycles. The maximum Gasteiger partial charge on any atom is 0.180 e. The number of H-pyrrole nitrogens is 1. The van der Waals surface area contributed by atoms with Crippen LogP contribution < -0.4 is 0 Å². The van der Waals surface area contributed by atoms with Gasteiger partial charge in [0.05, 0.1) is 5.69 Å². The van der Waals surface area contributed by atoms with Gasteiger partial charge < -0.3 is 4.57 Å². The van der Waals surface area contributed by atoms with Crippen molar-refractivity contribution in [3.05, 3.63) is 90.0 Å². The zero-order valence-electron chi connectivity index (χ0n) is 19.4. The number of tetrazole rings is 1. The van der Waals surface area contributed by atoms with Crippen molar-refractivity contribution in [1.29, 1.82) is 0 Å². The summed E-state index contributed by atoms with van der Waals surface area (Å²) in [7, 11) is 0. The summed E-state index contributed by atoms with van der Waals surface area (Å²) in [5, 5.41) is 14.7. The SMILES string of the molecule is CCCCc1nc(-c2cc(C)ccn2)cn1Cc1ccc(-c2ccccc2)c(-c2nnn[nH]2)c1. The third-order valence-corrected chi connectivity index (χ3v) is 5.91. The third kappa shape index (κ3) is 4.64. The van der Waals surface area contributed by atoms with Gasteiger partial charge in [0, 0.05) is 30.9 Å². The predicted molar refractivity (Wildman–Crippen MR) is 133 cm³/mol. The minimum Gasteiger partial charge on any atom is -0.330 e. The highest BCUT2D eigenvalue weighted by Gasteiger charge is 2.15. The molecule has 3 aromatic heterocycles. The summed E-state index contributed by atoms with van der Waals surface area (Å²) in [6.45, 7) is 4.99. The van der Waals surface area contributed by atoms with E-state index in [-0.39, 0.29) is 0 Å². The predicted octanol–water partition coefficient (Wildman–Crippen LogP) is 5.49. The van der Waals surface area contributed by atoms with Gasteiger partial charge in [0.2, 0.25) is 0 Å². The number of nitrogens with one attached hydrogen (secondary N) is 1. The first-order valence-electron chi connectivity index (χ1n) is 11.6. The molecule has 7 nitrogen and oxygen atoms in total. The van der Waals surface area contributed by atoms with Gasteiger partial charge in [-0.25, -0.2) is 10.1 Å². The van der Waals surface area contributed by atoms with Gasteiger partial charge in [0.15, 0.2) is 5.82 Å². The average Bonchev–Trinajstić information content (AvgIpc) is 3.54. The van der Waals surface area contributed by atoms with Crippen molar-refractivity contribution in [2.24, 2.45) is 0 Å². The average molecular weight is 450 g/mol. The monoisotopic (exact) mass is 449 g/mol. The van der Waals surface area contributed by atoms with Crippen molar-refractivity contribution in [2.45, 2.75) is 39.7 Å². The lowest BCUT2D eigenvalue weighted by atomic mass is 9.97. The zero-order chi connectivity index (χ0) is 23.3. The van der Waals surface area contributed by atoms with Crippen LogP contribution in [0.3, 0.4) is 0 Å². The molecule has 0 saturated heterocycles. The second-order valence-corrected chi connectivity index (χ2v) is 8.49. The minimum absolute atomic E-state index is 0.655. The van der Waals surface area contributed by atoms with Crippen LogP contribution in [0.25, 0.3) is 33.9 Å². The molecule has 0 aliphatic carbocycles. The third-order valence-electron chi connectivity index (χ3n) is 5.91. The summed E-state index contributed by atoms with van der Waals surface area (Å²) in [6.07, 6.45) is 7.12. The highest BCUT2D eigenvalue weighted by Crippen LogP contribution is 2.31. The molecule has 170 valence electrons. The molecular weight excluding hydrogens is 422 g/mol. The van der Waals surface area contributed by atoms with Gasteiger partial charge in [0.25, 0.3) is 0 Å². The molecule has 2 aromatic carbocycles. The van der Waals surface area contributed by atoms with Crippen LogP contribution in [0.2, 0.25) is 0 Å². The van der Waals surface area contributed by atoms with Crippen molar-refractivity contribution in [2.75, 3.05) is 0 Å². The molecule has 7 heteroatoms. The van der Waals surface area contributed by atoms with Crippen LogP contribution >= 0.6 is 0 Å². The van der Waals surface area contributed by atoms with Crippen molar-refractivity contribution < 1.29 is 0 Å². The molecule has 5 rings (SSSR count). The number of hydrogen-bond acceptors (Lipinski definition) is 5. The standard InChI is InChI=1S/C27H27N7/c1-3-4-10-26-29-25(24-15-19(2)13-14-28-24)18-34(26)17-20-11-12-22(21-8-6-5-7-9-21)23(16-20)27-30-32-33-31-27/h5-9,11-16,18H,3-4,10,17H2,1-2H3,(H,30,31,32,33). The smallest absolute Gasteiger partial charge is 0.180 e. The zero-order valence-corrected chi connectivity index (χ0v) is 19.4. The van der Waals surface area contributed by atoms with Crippen LogP contribution in [-0.4, -0.2) is 35.2 Å². The van der Waals surface area contributed by atoms with E-state index in [0.29, 0.717) is 12.4 Å². The van der Waals surface area contributed by atoms with Crippen LogP contribution in [0.1, 0.15) is 36.7 Å². The maximum absolute atomic E-state index is 4.95. The Balaban J connectivity index is 1.53. The molecule has 0 amide bonds. The lowest BCUT2D eigenvalue weighted by molar-refractivity contribution is 0.678. The molecule has 0 atom stereocenters. The fraction of sp³-hybridized carbons (Fsp3) is 0.222. The van der Waals surface area contributed by atoms with E-state index in [0.717, 1.165) is 58.7 Å². The maximum atomic E-state index is 4.95. The van der Waals surface area contributed by atoms with E-state index in [9.17, 15) is 0 Å². The van der Waals surface area contributed by atoms with Crippen molar-refractivity contribution >= 4 is 0 Å². The lowest BCUT2D eigenvalue weighted by Gasteiger charge is -2.12. The van der Waals surface area contributed by atoms with E-state index in [1.165, 1.54) is 5.56 Å². The Kier molecular flexibility index (Phi) is 6.25. The fourth-order valence-electron chi connectivity index (χ4n) is 4.15. The Labute approximate surface area is 198 Å². The van der Waals surface area contributed by atoms with Crippen LogP contribution in [0.5, 0.6) is 0 Å². The van der Waals surface area contributed by atoms with E-state index in [2.05, 4.69) is 86.6 Å². The molecule has 0 aliphatic rings. The summed E-state index contributed by atoms with van der Waals surface area (Å²) in [6, 6.07) is 20.9. The Bertz CT molecular complexity index is 1370. The van der Waals surface area contributed by atoms with Crippen LogP contribution in [0, 0.1) is 6.92 Å². The highest BCUT2D eigenvalue weighted by atomic mass is 15.5. The van der Waals surface area contributed by atoms with Gasteiger partial charge in [-0.3, -0.25) is 4.98 Å². The van der Waals surface area contributed by atoms with E-state index < -0.39 is 0 Å². The number of aryl methyl sites for hydroxylation is 2. The summed E-state index contributed by atoms with van der Waals surface area (Å²) in [5.41, 5.74) is 7.34. The van der Waals surface area contributed by atoms with Crippen LogP contribution in [0.4, 0.5) is 0 Å². The number of hydrogen-bond donors (Lipinski definition) is 1. The number of aromatic nitrogens is 7. The molecule has 0 saturated carbocycles. The van der Waals surface area contributed by atoms with Crippen LogP contribution in [-0.2, 0) is 13.0 Å². The summed E-state index contributed by atoms with van der Waals surface area (Å²) < 4.78 is 2.24. The van der Waals surface area contributed by atoms with Crippen molar-refractivity contribution in [3.8, 4) is 33.9 Å². The molecule has 3 heterocycles. The van der Waals surface area contributed by atoms with Gasteiger partial charge in [-0.1, -0.05) is 55.8 Å². The number of benzene rings is 2. The van der Waals surface area contributed by atoms with E-state index in [4.69, 9.17) is 4.98 Å². The van der Waals surface area contributed by atoms with Crippen LogP contribution in [0.15, 0.2) is 73.1 Å². The van der Waals surface area contributed by atoms with Crippen molar-refractivity contribution in [1.82, 2.24) is 35.2 Å². The Morgan fingerprint density at radius 3 is 2.59 bits per heavy atom. The minimum atomic E-state index is 0.655. The number of aromatic amines is 1. The lowest BCUT2D eigenvalue weighted by Crippen LogP contribution is -2.05. The quantitative estimate of drug-likeness (QED) is 0.338. The van der Waals surface area contributed by atoms with Gasteiger partial charge in [-0.15, -0.1) is 5.10 Å². The van der Waals surface area contributed by atoms with Gasteiger partial charge >= 0.3 is 0 Å². The first kappa shape index (κ1) is 21.7. The van der Waals surface area contributed by atoms with E-state index in [1.807, 2.05) is 30.5 Å². The largest absolute Gasteiger partial charge is 0.330 e. The Hall–Kier alpha value is -4.13. The van der Waals surface area contributed by atoms with Gasteiger partial charge in [-0.2, -0.15) is 0 Å². The van der Waals surface area contributed by atoms with E-state index >= 15 is 0 Å².